The van der Waals surface area contributed by atoms with Crippen molar-refractivity contribution in [2.75, 3.05) is 21.3 Å². The smallest absolute Gasteiger partial charge is 0.363 e. The zero-order valence-electron chi connectivity index (χ0n) is 19.6. The summed E-state index contributed by atoms with van der Waals surface area (Å²) in [6.07, 6.45) is 1.47. The van der Waals surface area contributed by atoms with Gasteiger partial charge >= 0.3 is 11.9 Å². The molecule has 0 aliphatic carbocycles. The van der Waals surface area contributed by atoms with E-state index in [4.69, 9.17) is 35.3 Å². The summed E-state index contributed by atoms with van der Waals surface area (Å²) in [6, 6.07) is 12.9. The van der Waals surface area contributed by atoms with E-state index in [9.17, 15) is 9.59 Å². The van der Waals surface area contributed by atoms with Crippen LogP contribution in [0, 0.1) is 0 Å². The number of halogens is 3. The van der Waals surface area contributed by atoms with Gasteiger partial charge in [0.1, 0.15) is 0 Å². The van der Waals surface area contributed by atoms with Crippen molar-refractivity contribution in [3.8, 4) is 23.0 Å². The molecule has 0 saturated heterocycles. The molecule has 4 rings (SSSR count). The number of methoxy groups -OCH3 is 3. The fraction of sp³-hybridized carbons (Fsp3) is 0.115. The van der Waals surface area contributed by atoms with Crippen LogP contribution in [0.2, 0.25) is 5.02 Å². The average molecular weight is 652 g/mol. The van der Waals surface area contributed by atoms with E-state index in [2.05, 4.69) is 36.9 Å². The summed E-state index contributed by atoms with van der Waals surface area (Å²) in [7, 11) is 4.45. The third-order valence-corrected chi connectivity index (χ3v) is 6.44. The van der Waals surface area contributed by atoms with Gasteiger partial charge in [-0.2, -0.15) is 0 Å². The maximum Gasteiger partial charge on any atom is 0.363 e. The highest BCUT2D eigenvalue weighted by Gasteiger charge is 2.27. The summed E-state index contributed by atoms with van der Waals surface area (Å²) < 4.78 is 28.3. The van der Waals surface area contributed by atoms with Gasteiger partial charge in [-0.15, -0.1) is 0 Å². The lowest BCUT2D eigenvalue weighted by atomic mass is 10.1. The zero-order chi connectivity index (χ0) is 26.7. The molecule has 0 unspecified atom stereocenters. The minimum absolute atomic E-state index is 0.00227. The Bertz CT molecular complexity index is 1430. The number of hydrogen-bond donors (Lipinski definition) is 0. The van der Waals surface area contributed by atoms with Crippen LogP contribution in [0.15, 0.2) is 68.2 Å². The predicted molar refractivity (Wildman–Crippen MR) is 145 cm³/mol. The van der Waals surface area contributed by atoms with E-state index in [0.29, 0.717) is 47.9 Å². The summed E-state index contributed by atoms with van der Waals surface area (Å²) in [5.41, 5.74) is 1.15. The van der Waals surface area contributed by atoms with Crippen molar-refractivity contribution in [2.24, 2.45) is 4.99 Å². The highest BCUT2D eigenvalue weighted by Crippen LogP contribution is 2.40. The Hall–Kier alpha value is -3.34. The van der Waals surface area contributed by atoms with Crippen LogP contribution in [0.25, 0.3) is 6.08 Å². The number of nitrogens with zero attached hydrogens (tertiary/aromatic N) is 1. The summed E-state index contributed by atoms with van der Waals surface area (Å²) in [5, 5.41) is 0.493. The average Bonchev–Trinajstić information content (AvgIpc) is 3.25. The molecule has 0 N–H and O–H groups in total. The number of esters is 2. The minimum atomic E-state index is -0.685. The first-order valence-electron chi connectivity index (χ1n) is 10.5. The van der Waals surface area contributed by atoms with Gasteiger partial charge in [0, 0.05) is 20.6 Å². The molecule has 0 amide bonds. The molecule has 1 heterocycles. The van der Waals surface area contributed by atoms with Crippen LogP contribution in [0.5, 0.6) is 23.0 Å². The summed E-state index contributed by atoms with van der Waals surface area (Å²) in [5.74, 6) is 0.0928. The van der Waals surface area contributed by atoms with E-state index in [1.807, 2.05) is 0 Å². The molecule has 0 atom stereocenters. The van der Waals surface area contributed by atoms with Gasteiger partial charge in [-0.05, 0) is 70.5 Å². The number of ether oxygens (including phenoxy) is 5. The van der Waals surface area contributed by atoms with Crippen molar-refractivity contribution in [1.82, 2.24) is 0 Å². The van der Waals surface area contributed by atoms with Crippen LogP contribution in [0.4, 0.5) is 0 Å². The molecular formula is C26H18Br2ClNO7. The molecule has 3 aromatic carbocycles. The number of carbonyl (C=O) groups is 2. The first kappa shape index (κ1) is 26.7. The standard InChI is InChI=1S/C26H18Br2ClNO7/c1-33-20-10-15(11-21(34-2)23(20)35-3)24-30-19(26(32)37-24)9-14-8-16(27)12-18(28)22(14)36-25(31)13-4-6-17(29)7-5-13/h4-12H,1-3H3/b19-9-. The van der Waals surface area contributed by atoms with Crippen molar-refractivity contribution >= 4 is 67.4 Å². The molecule has 1 aliphatic rings. The molecule has 0 spiro atoms. The molecule has 8 nitrogen and oxygen atoms in total. The molecule has 0 fully saturated rings. The van der Waals surface area contributed by atoms with Gasteiger partial charge in [0.15, 0.2) is 22.9 Å². The van der Waals surface area contributed by atoms with E-state index in [-0.39, 0.29) is 17.3 Å². The third kappa shape index (κ3) is 5.82. The van der Waals surface area contributed by atoms with E-state index < -0.39 is 11.9 Å². The first-order chi connectivity index (χ1) is 17.7. The van der Waals surface area contributed by atoms with Crippen molar-refractivity contribution in [2.45, 2.75) is 0 Å². The van der Waals surface area contributed by atoms with Gasteiger partial charge in [0.2, 0.25) is 11.6 Å². The molecule has 0 aromatic heterocycles. The highest BCUT2D eigenvalue weighted by molar-refractivity contribution is 9.11. The van der Waals surface area contributed by atoms with Gasteiger partial charge < -0.3 is 23.7 Å². The Morgan fingerprint density at radius 2 is 1.59 bits per heavy atom. The monoisotopic (exact) mass is 649 g/mol. The minimum Gasteiger partial charge on any atom is -0.493 e. The van der Waals surface area contributed by atoms with Crippen LogP contribution < -0.4 is 18.9 Å². The number of cyclic esters (lactones) is 1. The number of hydrogen-bond acceptors (Lipinski definition) is 8. The number of rotatable bonds is 7. The molecule has 1 aliphatic heterocycles. The van der Waals surface area contributed by atoms with E-state index in [0.717, 1.165) is 0 Å². The Morgan fingerprint density at radius 3 is 2.19 bits per heavy atom. The van der Waals surface area contributed by atoms with Crippen LogP contribution in [-0.4, -0.2) is 39.2 Å². The molecule has 0 saturated carbocycles. The molecule has 0 bridgehead atoms. The highest BCUT2D eigenvalue weighted by atomic mass is 79.9. The SMILES string of the molecule is COc1cc(C2=N/C(=C\c3cc(Br)cc(Br)c3OC(=O)c3ccc(Cl)cc3)C(=O)O2)cc(OC)c1OC. The van der Waals surface area contributed by atoms with Crippen molar-refractivity contribution in [3.05, 3.63) is 84.9 Å². The lowest BCUT2D eigenvalue weighted by molar-refractivity contribution is -0.129. The topological polar surface area (TPSA) is 92.7 Å². The van der Waals surface area contributed by atoms with Gasteiger partial charge in [-0.25, -0.2) is 14.6 Å². The summed E-state index contributed by atoms with van der Waals surface area (Å²) in [4.78, 5) is 29.8. The third-order valence-electron chi connectivity index (χ3n) is 5.14. The fourth-order valence-electron chi connectivity index (χ4n) is 3.42. The normalized spacial score (nSPS) is 13.7. The number of aliphatic imine (C=N–C) groups is 1. The van der Waals surface area contributed by atoms with Crippen molar-refractivity contribution in [3.63, 3.8) is 0 Å². The second kappa shape index (κ2) is 11.4. The quantitative estimate of drug-likeness (QED) is 0.165. The van der Waals surface area contributed by atoms with Crippen molar-refractivity contribution < 1.29 is 33.3 Å². The molecule has 37 heavy (non-hydrogen) atoms. The lowest BCUT2D eigenvalue weighted by Gasteiger charge is -2.13. The molecule has 0 radical (unpaired) electrons. The molecular weight excluding hydrogens is 634 g/mol. The maximum absolute atomic E-state index is 12.8. The Balaban J connectivity index is 1.72. The zero-order valence-corrected chi connectivity index (χ0v) is 23.6. The largest absolute Gasteiger partial charge is 0.493 e. The van der Waals surface area contributed by atoms with Crippen LogP contribution in [-0.2, 0) is 9.53 Å². The fourth-order valence-corrected chi connectivity index (χ4v) is 4.88. The van der Waals surface area contributed by atoms with Gasteiger partial charge in [0.05, 0.1) is 31.4 Å². The van der Waals surface area contributed by atoms with E-state index in [1.54, 1.807) is 48.5 Å². The Kier molecular flexibility index (Phi) is 8.21. The van der Waals surface area contributed by atoms with Crippen LogP contribution in [0.1, 0.15) is 21.5 Å². The molecule has 11 heteroatoms. The number of benzene rings is 3. The van der Waals surface area contributed by atoms with Crippen LogP contribution >= 0.6 is 43.5 Å². The second-order valence-corrected chi connectivity index (χ2v) is 9.66. The molecule has 190 valence electrons. The maximum atomic E-state index is 12.8. The van der Waals surface area contributed by atoms with Gasteiger partial charge in [-0.1, -0.05) is 27.5 Å². The number of carbonyl (C=O) groups excluding carboxylic acids is 2. The predicted octanol–water partition coefficient (Wildman–Crippen LogP) is 6.45. The van der Waals surface area contributed by atoms with E-state index >= 15 is 0 Å². The van der Waals surface area contributed by atoms with Gasteiger partial charge in [-0.3, -0.25) is 0 Å². The molecule has 3 aromatic rings. The first-order valence-corrected chi connectivity index (χ1v) is 12.5. The Labute approximate surface area is 234 Å². The van der Waals surface area contributed by atoms with Crippen LogP contribution in [0.3, 0.4) is 0 Å². The van der Waals surface area contributed by atoms with E-state index in [1.165, 1.54) is 27.4 Å². The van der Waals surface area contributed by atoms with Gasteiger partial charge in [0.25, 0.3) is 0 Å². The summed E-state index contributed by atoms with van der Waals surface area (Å²) in [6.45, 7) is 0. The lowest BCUT2D eigenvalue weighted by Crippen LogP contribution is -2.10. The Morgan fingerprint density at radius 1 is 0.946 bits per heavy atom. The van der Waals surface area contributed by atoms with Crippen molar-refractivity contribution in [1.29, 1.82) is 0 Å². The second-order valence-electron chi connectivity index (χ2n) is 7.45. The summed E-state index contributed by atoms with van der Waals surface area (Å²) >= 11 is 12.7.